The van der Waals surface area contributed by atoms with E-state index in [0.717, 1.165) is 16.8 Å². The van der Waals surface area contributed by atoms with Crippen LogP contribution in [0, 0.1) is 0 Å². The molecular formula is C21H26NO+. The van der Waals surface area contributed by atoms with Gasteiger partial charge in [-0.15, -0.1) is 4.57 Å². The predicted molar refractivity (Wildman–Crippen MR) is 95.1 cm³/mol. The maximum absolute atomic E-state index is 5.99. The quantitative estimate of drug-likeness (QED) is 0.557. The molecule has 3 aromatic rings. The third-order valence-electron chi connectivity index (χ3n) is 4.31. The Bertz CT molecular complexity index is 830. The first-order chi connectivity index (χ1) is 10.7. The van der Waals surface area contributed by atoms with Crippen LogP contribution in [0.3, 0.4) is 0 Å². The summed E-state index contributed by atoms with van der Waals surface area (Å²) in [5.74, 6) is 0. The average Bonchev–Trinajstić information content (AvgIpc) is 2.89. The standard InChI is InChI=1S/C21H26NO/c1-20(2,3)15-12-17(21(4,5)6)19-18(13-15)22(14-23-19)16-10-8-7-9-11-16/h7-14H,1-6H3/q+1. The predicted octanol–water partition coefficient (Wildman–Crippen LogP) is 5.30. The second kappa shape index (κ2) is 5.23. The van der Waals surface area contributed by atoms with Crippen LogP contribution in [-0.4, -0.2) is 0 Å². The Morgan fingerprint density at radius 1 is 0.826 bits per heavy atom. The summed E-state index contributed by atoms with van der Waals surface area (Å²) in [7, 11) is 0. The van der Waals surface area contributed by atoms with Gasteiger partial charge in [0.1, 0.15) is 0 Å². The van der Waals surface area contributed by atoms with Crippen LogP contribution in [0.5, 0.6) is 0 Å². The number of hydrogen-bond acceptors (Lipinski definition) is 1. The molecule has 2 heteroatoms. The van der Waals surface area contributed by atoms with Crippen molar-refractivity contribution >= 4 is 11.1 Å². The zero-order valence-electron chi connectivity index (χ0n) is 15.0. The summed E-state index contributed by atoms with van der Waals surface area (Å²) in [6.45, 7) is 13.5. The average molecular weight is 308 g/mol. The van der Waals surface area contributed by atoms with E-state index in [9.17, 15) is 0 Å². The summed E-state index contributed by atoms with van der Waals surface area (Å²) in [5.41, 5.74) is 5.96. The Kier molecular flexibility index (Phi) is 3.59. The lowest BCUT2D eigenvalue weighted by Gasteiger charge is -2.24. The van der Waals surface area contributed by atoms with E-state index in [1.807, 2.05) is 12.5 Å². The van der Waals surface area contributed by atoms with Gasteiger partial charge in [0.05, 0.1) is 0 Å². The van der Waals surface area contributed by atoms with Crippen molar-refractivity contribution < 1.29 is 8.98 Å². The Labute approximate surface area is 138 Å². The first kappa shape index (κ1) is 15.8. The highest BCUT2D eigenvalue weighted by Crippen LogP contribution is 2.34. The molecule has 0 aliphatic rings. The molecule has 1 heterocycles. The zero-order valence-corrected chi connectivity index (χ0v) is 15.0. The van der Waals surface area contributed by atoms with Gasteiger partial charge < -0.3 is 4.42 Å². The lowest BCUT2D eigenvalue weighted by atomic mass is 9.80. The fraction of sp³-hybridized carbons (Fsp3) is 0.381. The minimum absolute atomic E-state index is 0.0336. The summed E-state index contributed by atoms with van der Waals surface area (Å²) in [6.07, 6.45) is 1.82. The zero-order chi connectivity index (χ0) is 16.8. The molecule has 0 saturated carbocycles. The minimum atomic E-state index is 0.0336. The molecule has 0 saturated heterocycles. The molecule has 2 aromatic carbocycles. The van der Waals surface area contributed by atoms with E-state index in [1.165, 1.54) is 11.1 Å². The summed E-state index contributed by atoms with van der Waals surface area (Å²) in [4.78, 5) is 0. The second-order valence-electron chi connectivity index (χ2n) is 8.30. The SMILES string of the molecule is CC(C)(C)c1cc(C(C)(C)C)c2oc[n+](-c3ccccc3)c2c1. The molecule has 120 valence electrons. The van der Waals surface area contributed by atoms with Crippen LogP contribution in [0.1, 0.15) is 52.7 Å². The first-order valence-corrected chi connectivity index (χ1v) is 8.21. The fourth-order valence-corrected chi connectivity index (χ4v) is 2.86. The number of hydrogen-bond donors (Lipinski definition) is 0. The molecule has 0 radical (unpaired) electrons. The van der Waals surface area contributed by atoms with Crippen molar-refractivity contribution in [3.8, 4) is 5.69 Å². The van der Waals surface area contributed by atoms with Crippen molar-refractivity contribution in [2.24, 2.45) is 0 Å². The molecule has 0 fully saturated rings. The number of benzene rings is 2. The van der Waals surface area contributed by atoms with Crippen molar-refractivity contribution in [1.82, 2.24) is 0 Å². The maximum atomic E-state index is 5.99. The van der Waals surface area contributed by atoms with Crippen molar-refractivity contribution in [2.45, 2.75) is 52.4 Å². The van der Waals surface area contributed by atoms with E-state index in [1.54, 1.807) is 0 Å². The molecule has 2 nitrogen and oxygen atoms in total. The molecule has 0 atom stereocenters. The van der Waals surface area contributed by atoms with Crippen LogP contribution in [-0.2, 0) is 10.8 Å². The molecule has 3 rings (SSSR count). The van der Waals surface area contributed by atoms with Gasteiger partial charge >= 0.3 is 6.39 Å². The summed E-state index contributed by atoms with van der Waals surface area (Å²) >= 11 is 0. The molecule has 23 heavy (non-hydrogen) atoms. The van der Waals surface area contributed by atoms with Gasteiger partial charge in [0.25, 0.3) is 5.52 Å². The van der Waals surface area contributed by atoms with Crippen molar-refractivity contribution in [3.05, 3.63) is 60.0 Å². The third kappa shape index (κ3) is 2.90. The Balaban J connectivity index is 2.35. The molecule has 0 bridgehead atoms. The number of fused-ring (bicyclic) bond motifs is 1. The smallest absolute Gasteiger partial charge is 0.341 e. The monoisotopic (exact) mass is 308 g/mol. The van der Waals surface area contributed by atoms with Crippen LogP contribution >= 0.6 is 0 Å². The van der Waals surface area contributed by atoms with Gasteiger partial charge in [-0.1, -0.05) is 65.8 Å². The largest absolute Gasteiger partial charge is 0.403 e. The van der Waals surface area contributed by atoms with E-state index >= 15 is 0 Å². The first-order valence-electron chi connectivity index (χ1n) is 8.21. The Hall–Kier alpha value is -2.09. The third-order valence-corrected chi connectivity index (χ3v) is 4.31. The van der Waals surface area contributed by atoms with Gasteiger partial charge in [-0.25, -0.2) is 0 Å². The molecule has 0 unspecified atom stereocenters. The van der Waals surface area contributed by atoms with Crippen molar-refractivity contribution in [1.29, 1.82) is 0 Å². The minimum Gasteiger partial charge on any atom is -0.403 e. The highest BCUT2D eigenvalue weighted by Gasteiger charge is 2.28. The van der Waals surface area contributed by atoms with Crippen LogP contribution in [0.25, 0.3) is 16.8 Å². The molecule has 1 aromatic heterocycles. The van der Waals surface area contributed by atoms with E-state index in [-0.39, 0.29) is 10.8 Å². The van der Waals surface area contributed by atoms with Gasteiger partial charge in [-0.05, 0) is 16.4 Å². The van der Waals surface area contributed by atoms with Crippen molar-refractivity contribution in [2.75, 3.05) is 0 Å². The van der Waals surface area contributed by atoms with E-state index < -0.39 is 0 Å². The number of rotatable bonds is 1. The Morgan fingerprint density at radius 2 is 1.48 bits per heavy atom. The lowest BCUT2D eigenvalue weighted by molar-refractivity contribution is -0.573. The molecule has 0 spiro atoms. The molecular weight excluding hydrogens is 282 g/mol. The van der Waals surface area contributed by atoms with Crippen LogP contribution < -0.4 is 4.57 Å². The van der Waals surface area contributed by atoms with Crippen LogP contribution in [0.15, 0.2) is 53.3 Å². The topological polar surface area (TPSA) is 17.0 Å². The van der Waals surface area contributed by atoms with E-state index in [2.05, 4.69) is 82.5 Å². The van der Waals surface area contributed by atoms with Gasteiger partial charge in [0.15, 0.2) is 0 Å². The fourth-order valence-electron chi connectivity index (χ4n) is 2.86. The van der Waals surface area contributed by atoms with E-state index in [0.29, 0.717) is 0 Å². The Morgan fingerprint density at radius 3 is 2.04 bits per heavy atom. The molecule has 0 aliphatic heterocycles. The van der Waals surface area contributed by atoms with Crippen LogP contribution in [0.2, 0.25) is 0 Å². The number of aromatic nitrogens is 1. The van der Waals surface area contributed by atoms with Gasteiger partial charge in [0.2, 0.25) is 11.3 Å². The highest BCUT2D eigenvalue weighted by molar-refractivity contribution is 5.76. The number of para-hydroxylation sites is 1. The van der Waals surface area contributed by atoms with E-state index in [4.69, 9.17) is 4.42 Å². The molecule has 0 aliphatic carbocycles. The van der Waals surface area contributed by atoms with Crippen LogP contribution in [0.4, 0.5) is 0 Å². The lowest BCUT2D eigenvalue weighted by Crippen LogP contribution is -2.29. The molecule has 0 amide bonds. The number of nitrogens with zero attached hydrogens (tertiary/aromatic N) is 1. The summed E-state index contributed by atoms with van der Waals surface area (Å²) < 4.78 is 8.13. The van der Waals surface area contributed by atoms with Gasteiger partial charge in [0, 0.05) is 23.8 Å². The highest BCUT2D eigenvalue weighted by atomic mass is 16.3. The maximum Gasteiger partial charge on any atom is 0.341 e. The second-order valence-corrected chi connectivity index (χ2v) is 8.30. The normalized spacial score (nSPS) is 12.8. The summed E-state index contributed by atoms with van der Waals surface area (Å²) in [5, 5.41) is 0. The van der Waals surface area contributed by atoms with Gasteiger partial charge in [-0.2, -0.15) is 0 Å². The number of oxazole rings is 1. The van der Waals surface area contributed by atoms with Crippen molar-refractivity contribution in [3.63, 3.8) is 0 Å². The van der Waals surface area contributed by atoms with Gasteiger partial charge in [-0.3, -0.25) is 0 Å². The molecule has 0 N–H and O–H groups in total. The summed E-state index contributed by atoms with van der Waals surface area (Å²) in [6, 6.07) is 14.9.